The lowest BCUT2D eigenvalue weighted by Crippen LogP contribution is -2.21. The number of amides is 2. The normalized spacial score (nSPS) is 11.4. The first-order valence-corrected chi connectivity index (χ1v) is 9.35. The van der Waals surface area contributed by atoms with Crippen molar-refractivity contribution in [2.45, 2.75) is 19.6 Å². The van der Waals surface area contributed by atoms with Crippen molar-refractivity contribution in [1.29, 1.82) is 0 Å². The number of rotatable bonds is 5. The zero-order chi connectivity index (χ0) is 22.1. The van der Waals surface area contributed by atoms with E-state index in [9.17, 15) is 22.8 Å². The first kappa shape index (κ1) is 21.6. The topological polar surface area (TPSA) is 93.8 Å². The van der Waals surface area contributed by atoms with E-state index >= 15 is 0 Å². The lowest BCUT2D eigenvalue weighted by atomic mass is 10.2. The van der Waals surface area contributed by atoms with Crippen LogP contribution in [0.25, 0.3) is 0 Å². The maximum absolute atomic E-state index is 12.9. The molecular formula is C18H16BrF3N6O2. The summed E-state index contributed by atoms with van der Waals surface area (Å²) in [5.74, 6) is -0.931. The van der Waals surface area contributed by atoms with E-state index in [2.05, 4.69) is 36.8 Å². The summed E-state index contributed by atoms with van der Waals surface area (Å²) in [6, 6.07) is 7.84. The highest BCUT2D eigenvalue weighted by Crippen LogP contribution is 2.35. The van der Waals surface area contributed by atoms with Gasteiger partial charge in [-0.1, -0.05) is 0 Å². The number of benzene rings is 1. The number of carbonyl (C=O) groups is 2. The molecule has 3 rings (SSSR count). The molecule has 0 aliphatic heterocycles. The first-order chi connectivity index (χ1) is 14.0. The van der Waals surface area contributed by atoms with Gasteiger partial charge in [-0.3, -0.25) is 19.0 Å². The van der Waals surface area contributed by atoms with Crippen LogP contribution in [-0.2, 0) is 24.6 Å². The quantitative estimate of drug-likeness (QED) is 0.578. The van der Waals surface area contributed by atoms with Crippen LogP contribution < -0.4 is 10.6 Å². The lowest BCUT2D eigenvalue weighted by Gasteiger charge is -2.08. The molecule has 2 N–H and O–H groups in total. The second kappa shape index (κ2) is 8.30. The Hall–Kier alpha value is -3.15. The van der Waals surface area contributed by atoms with Gasteiger partial charge in [0, 0.05) is 24.6 Å². The molecule has 0 unspecified atom stereocenters. The highest BCUT2D eigenvalue weighted by atomic mass is 79.9. The van der Waals surface area contributed by atoms with Gasteiger partial charge in [-0.05, 0) is 53.2 Å². The molecule has 2 amide bonds. The van der Waals surface area contributed by atoms with Gasteiger partial charge in [0.05, 0.1) is 10.2 Å². The lowest BCUT2D eigenvalue weighted by molar-refractivity contribution is -0.142. The number of nitrogens with zero attached hydrogens (tertiary/aromatic N) is 4. The summed E-state index contributed by atoms with van der Waals surface area (Å²) >= 11 is 2.86. The third kappa shape index (κ3) is 4.87. The van der Waals surface area contributed by atoms with Crippen LogP contribution in [0.4, 0.5) is 24.5 Å². The van der Waals surface area contributed by atoms with Crippen LogP contribution in [0.1, 0.15) is 21.9 Å². The predicted octanol–water partition coefficient (Wildman–Crippen LogP) is 3.60. The van der Waals surface area contributed by atoms with Gasteiger partial charge in [0.1, 0.15) is 6.54 Å². The van der Waals surface area contributed by atoms with Crippen molar-refractivity contribution >= 4 is 39.1 Å². The Balaban J connectivity index is 1.62. The minimum atomic E-state index is -4.62. The average Bonchev–Trinajstić information content (AvgIpc) is 3.22. The molecule has 8 nitrogen and oxygen atoms in total. The fourth-order valence-corrected chi connectivity index (χ4v) is 3.07. The maximum Gasteiger partial charge on any atom is 0.436 e. The summed E-state index contributed by atoms with van der Waals surface area (Å²) in [5.41, 5.74) is 0.265. The average molecular weight is 485 g/mol. The number of aromatic nitrogens is 4. The number of aryl methyl sites for hydroxylation is 1. The van der Waals surface area contributed by atoms with E-state index in [4.69, 9.17) is 0 Å². The van der Waals surface area contributed by atoms with Gasteiger partial charge in [0.15, 0.2) is 11.4 Å². The van der Waals surface area contributed by atoms with Gasteiger partial charge >= 0.3 is 6.18 Å². The van der Waals surface area contributed by atoms with E-state index in [-0.39, 0.29) is 21.8 Å². The molecule has 0 radical (unpaired) electrons. The first-order valence-electron chi connectivity index (χ1n) is 8.55. The third-order valence-electron chi connectivity index (χ3n) is 4.07. The van der Waals surface area contributed by atoms with Gasteiger partial charge in [-0.2, -0.15) is 23.4 Å². The van der Waals surface area contributed by atoms with E-state index in [0.29, 0.717) is 11.4 Å². The second-order valence-corrected chi connectivity index (χ2v) is 7.15. The molecule has 30 heavy (non-hydrogen) atoms. The Labute approximate surface area is 177 Å². The van der Waals surface area contributed by atoms with Crippen molar-refractivity contribution in [2.75, 3.05) is 10.6 Å². The minimum absolute atomic E-state index is 0.185. The van der Waals surface area contributed by atoms with Gasteiger partial charge in [-0.25, -0.2) is 0 Å². The summed E-state index contributed by atoms with van der Waals surface area (Å²) in [6.45, 7) is 1.04. The molecule has 0 fully saturated rings. The van der Waals surface area contributed by atoms with Crippen LogP contribution in [0.2, 0.25) is 0 Å². The Morgan fingerprint density at radius 1 is 1.07 bits per heavy atom. The molecule has 0 saturated carbocycles. The molecule has 2 aromatic heterocycles. The zero-order valence-electron chi connectivity index (χ0n) is 15.8. The van der Waals surface area contributed by atoms with E-state index in [0.717, 1.165) is 4.68 Å². The van der Waals surface area contributed by atoms with Crippen molar-refractivity contribution in [3.05, 3.63) is 58.1 Å². The number of carbonyl (C=O) groups excluding carboxylic acids is 2. The SMILES string of the molecule is Cc1c(Br)c(C(F)(F)F)nn1CC(=O)Nc1ccc(NC(=O)c2ccn(C)n2)cc1. The van der Waals surface area contributed by atoms with E-state index in [1.807, 2.05) is 0 Å². The fraction of sp³-hybridized carbons (Fsp3) is 0.222. The summed E-state index contributed by atoms with van der Waals surface area (Å²) < 4.78 is 41.1. The monoisotopic (exact) mass is 484 g/mol. The summed E-state index contributed by atoms with van der Waals surface area (Å²) in [7, 11) is 1.70. The van der Waals surface area contributed by atoms with Crippen LogP contribution in [-0.4, -0.2) is 31.4 Å². The van der Waals surface area contributed by atoms with Crippen molar-refractivity contribution in [2.24, 2.45) is 7.05 Å². The Morgan fingerprint density at radius 2 is 1.67 bits per heavy atom. The molecule has 0 atom stereocenters. The number of nitrogens with one attached hydrogen (secondary N) is 2. The Bertz CT molecular complexity index is 1090. The van der Waals surface area contributed by atoms with Crippen LogP contribution in [0.15, 0.2) is 41.0 Å². The molecule has 0 bridgehead atoms. The number of hydrogen-bond acceptors (Lipinski definition) is 4. The molecule has 0 aliphatic carbocycles. The minimum Gasteiger partial charge on any atom is -0.324 e. The third-order valence-corrected chi connectivity index (χ3v) is 5.02. The van der Waals surface area contributed by atoms with Crippen molar-refractivity contribution in [3.8, 4) is 0 Å². The molecule has 0 spiro atoms. The number of halogens is 4. The van der Waals surface area contributed by atoms with Gasteiger partial charge in [0.25, 0.3) is 5.91 Å². The highest BCUT2D eigenvalue weighted by molar-refractivity contribution is 9.10. The van der Waals surface area contributed by atoms with Gasteiger partial charge < -0.3 is 10.6 Å². The fourth-order valence-electron chi connectivity index (χ4n) is 2.56. The Kier molecular flexibility index (Phi) is 5.97. The standard InChI is InChI=1S/C18H16BrF3N6O2/c1-10-15(19)16(18(20,21)22)26-28(10)9-14(29)23-11-3-5-12(6-4-11)24-17(30)13-7-8-27(2)25-13/h3-8H,9H2,1-2H3,(H,23,29)(H,24,30). The smallest absolute Gasteiger partial charge is 0.324 e. The number of hydrogen-bond donors (Lipinski definition) is 2. The van der Waals surface area contributed by atoms with Crippen molar-refractivity contribution in [3.63, 3.8) is 0 Å². The molecule has 3 aromatic rings. The molecule has 12 heteroatoms. The largest absolute Gasteiger partial charge is 0.436 e. The second-order valence-electron chi connectivity index (χ2n) is 6.36. The molecule has 1 aromatic carbocycles. The van der Waals surface area contributed by atoms with Crippen LogP contribution in [0.5, 0.6) is 0 Å². The molecular weight excluding hydrogens is 469 g/mol. The van der Waals surface area contributed by atoms with E-state index in [1.165, 1.54) is 11.6 Å². The summed E-state index contributed by atoms with van der Waals surface area (Å²) in [4.78, 5) is 24.3. The van der Waals surface area contributed by atoms with Crippen LogP contribution in [0.3, 0.4) is 0 Å². The predicted molar refractivity (Wildman–Crippen MR) is 106 cm³/mol. The summed E-state index contributed by atoms with van der Waals surface area (Å²) in [5, 5.41) is 12.7. The highest BCUT2D eigenvalue weighted by Gasteiger charge is 2.38. The zero-order valence-corrected chi connectivity index (χ0v) is 17.4. The summed E-state index contributed by atoms with van der Waals surface area (Å²) in [6.07, 6.45) is -2.98. The van der Waals surface area contributed by atoms with Crippen molar-refractivity contribution in [1.82, 2.24) is 19.6 Å². The van der Waals surface area contributed by atoms with E-state index < -0.39 is 24.3 Å². The Morgan fingerprint density at radius 3 is 2.17 bits per heavy atom. The molecule has 158 valence electrons. The van der Waals surface area contributed by atoms with E-state index in [1.54, 1.807) is 43.6 Å². The van der Waals surface area contributed by atoms with Crippen LogP contribution in [0, 0.1) is 6.92 Å². The van der Waals surface area contributed by atoms with Crippen molar-refractivity contribution < 1.29 is 22.8 Å². The van der Waals surface area contributed by atoms with Gasteiger partial charge in [0.2, 0.25) is 5.91 Å². The molecule has 2 heterocycles. The molecule has 0 aliphatic rings. The van der Waals surface area contributed by atoms with Gasteiger partial charge in [-0.15, -0.1) is 0 Å². The number of alkyl halides is 3. The molecule has 0 saturated heterocycles. The van der Waals surface area contributed by atoms with Crippen LogP contribution >= 0.6 is 15.9 Å². The maximum atomic E-state index is 12.9. The number of anilines is 2.